The number of alkyl halides is 3. The molecular formula is C12H8F3N3O2. The van der Waals surface area contributed by atoms with Crippen LogP contribution in [0.25, 0.3) is 11.3 Å². The summed E-state index contributed by atoms with van der Waals surface area (Å²) in [6, 6.07) is 2.50. The van der Waals surface area contributed by atoms with Gasteiger partial charge in [0.1, 0.15) is 0 Å². The normalized spacial score (nSPS) is 11.4. The van der Waals surface area contributed by atoms with E-state index in [-0.39, 0.29) is 17.0 Å². The SMILES string of the molecule is Cc1ncc(C(=O)O)nc1-c1cccnc1C(F)(F)F. The molecule has 0 aliphatic rings. The number of hydrogen-bond acceptors (Lipinski definition) is 4. The van der Waals surface area contributed by atoms with E-state index in [1.807, 2.05) is 0 Å². The van der Waals surface area contributed by atoms with Crippen molar-refractivity contribution in [2.24, 2.45) is 0 Å². The Labute approximate surface area is 111 Å². The fraction of sp³-hybridized carbons (Fsp3) is 0.167. The maximum Gasteiger partial charge on any atom is 0.434 e. The second kappa shape index (κ2) is 4.87. The first-order valence-corrected chi connectivity index (χ1v) is 5.40. The van der Waals surface area contributed by atoms with Crippen LogP contribution in [0.5, 0.6) is 0 Å². The molecule has 0 radical (unpaired) electrons. The van der Waals surface area contributed by atoms with Crippen molar-refractivity contribution in [2.75, 3.05) is 0 Å². The molecule has 2 rings (SSSR count). The molecule has 0 aromatic carbocycles. The Morgan fingerprint density at radius 2 is 2.00 bits per heavy atom. The van der Waals surface area contributed by atoms with Gasteiger partial charge >= 0.3 is 12.1 Å². The Kier molecular flexibility index (Phi) is 3.39. The lowest BCUT2D eigenvalue weighted by atomic mass is 10.1. The van der Waals surface area contributed by atoms with Gasteiger partial charge in [-0.15, -0.1) is 0 Å². The third kappa shape index (κ3) is 2.58. The lowest BCUT2D eigenvalue weighted by Crippen LogP contribution is -2.12. The van der Waals surface area contributed by atoms with E-state index in [1.165, 1.54) is 19.1 Å². The van der Waals surface area contributed by atoms with Crippen molar-refractivity contribution in [3.05, 3.63) is 41.6 Å². The van der Waals surface area contributed by atoms with Crippen LogP contribution in [0.4, 0.5) is 13.2 Å². The van der Waals surface area contributed by atoms with Crippen molar-refractivity contribution >= 4 is 5.97 Å². The molecule has 0 saturated carbocycles. The molecule has 0 fully saturated rings. The van der Waals surface area contributed by atoms with Gasteiger partial charge in [0.15, 0.2) is 11.4 Å². The van der Waals surface area contributed by atoms with Crippen molar-refractivity contribution in [2.45, 2.75) is 13.1 Å². The second-order valence-electron chi connectivity index (χ2n) is 3.89. The largest absolute Gasteiger partial charge is 0.476 e. The highest BCUT2D eigenvalue weighted by molar-refractivity contribution is 5.85. The van der Waals surface area contributed by atoms with E-state index in [1.54, 1.807) is 0 Å². The van der Waals surface area contributed by atoms with Crippen LogP contribution in [0.3, 0.4) is 0 Å². The standard InChI is InChI=1S/C12H8F3N3O2/c1-6-9(18-8(5-17-6)11(19)20)7-3-2-4-16-10(7)12(13,14)15/h2-5H,1H3,(H,19,20). The van der Waals surface area contributed by atoms with E-state index in [4.69, 9.17) is 5.11 Å². The molecule has 2 heterocycles. The first-order valence-electron chi connectivity index (χ1n) is 5.40. The van der Waals surface area contributed by atoms with Gasteiger partial charge in [0.05, 0.1) is 17.6 Å². The molecule has 0 saturated heterocycles. The predicted octanol–water partition coefficient (Wildman–Crippen LogP) is 2.56. The summed E-state index contributed by atoms with van der Waals surface area (Å²) in [5, 5.41) is 8.84. The summed E-state index contributed by atoms with van der Waals surface area (Å²) in [4.78, 5) is 21.6. The smallest absolute Gasteiger partial charge is 0.434 e. The third-order valence-electron chi connectivity index (χ3n) is 2.51. The average Bonchev–Trinajstić information content (AvgIpc) is 2.38. The number of nitrogens with zero attached hydrogens (tertiary/aromatic N) is 3. The maximum atomic E-state index is 12.9. The number of carboxylic acids is 1. The van der Waals surface area contributed by atoms with Gasteiger partial charge in [-0.05, 0) is 19.1 Å². The number of rotatable bonds is 2. The summed E-state index contributed by atoms with van der Waals surface area (Å²) in [5.74, 6) is -1.36. The highest BCUT2D eigenvalue weighted by atomic mass is 19.4. The summed E-state index contributed by atoms with van der Waals surface area (Å²) in [6.45, 7) is 1.45. The van der Waals surface area contributed by atoms with Gasteiger partial charge < -0.3 is 5.11 Å². The van der Waals surface area contributed by atoms with Crippen LogP contribution in [0.2, 0.25) is 0 Å². The van der Waals surface area contributed by atoms with E-state index < -0.39 is 23.5 Å². The number of aromatic carboxylic acids is 1. The van der Waals surface area contributed by atoms with Crippen LogP contribution in [0.15, 0.2) is 24.5 Å². The molecule has 0 amide bonds. The summed E-state index contributed by atoms with van der Waals surface area (Å²) >= 11 is 0. The van der Waals surface area contributed by atoms with E-state index in [2.05, 4.69) is 15.0 Å². The lowest BCUT2D eigenvalue weighted by molar-refractivity contribution is -0.140. The Morgan fingerprint density at radius 3 is 2.60 bits per heavy atom. The zero-order chi connectivity index (χ0) is 14.9. The summed E-state index contributed by atoms with van der Waals surface area (Å²) in [6.07, 6.45) is -2.66. The van der Waals surface area contributed by atoms with Gasteiger partial charge in [0.25, 0.3) is 0 Å². The van der Waals surface area contributed by atoms with Crippen LogP contribution < -0.4 is 0 Å². The first kappa shape index (κ1) is 13.9. The number of aromatic nitrogens is 3. The molecule has 0 unspecified atom stereocenters. The van der Waals surface area contributed by atoms with E-state index in [9.17, 15) is 18.0 Å². The van der Waals surface area contributed by atoms with Crippen molar-refractivity contribution in [1.29, 1.82) is 0 Å². The molecule has 104 valence electrons. The highest BCUT2D eigenvalue weighted by Gasteiger charge is 2.36. The monoisotopic (exact) mass is 283 g/mol. The molecular weight excluding hydrogens is 275 g/mol. The van der Waals surface area contributed by atoms with Crippen LogP contribution in [-0.2, 0) is 6.18 Å². The fourth-order valence-corrected chi connectivity index (χ4v) is 1.63. The zero-order valence-corrected chi connectivity index (χ0v) is 10.1. The number of pyridine rings is 1. The van der Waals surface area contributed by atoms with Crippen LogP contribution in [0, 0.1) is 6.92 Å². The molecule has 1 N–H and O–H groups in total. The van der Waals surface area contributed by atoms with Crippen molar-refractivity contribution in [1.82, 2.24) is 15.0 Å². The Hall–Kier alpha value is -2.51. The second-order valence-corrected chi connectivity index (χ2v) is 3.89. The number of halogens is 3. The summed E-state index contributed by atoms with van der Waals surface area (Å²) < 4.78 is 38.7. The number of carbonyl (C=O) groups is 1. The molecule has 8 heteroatoms. The van der Waals surface area contributed by atoms with Gasteiger partial charge in [0, 0.05) is 11.8 Å². The molecule has 0 atom stereocenters. The van der Waals surface area contributed by atoms with Gasteiger partial charge in [-0.1, -0.05) is 0 Å². The number of aryl methyl sites for hydroxylation is 1. The summed E-state index contributed by atoms with van der Waals surface area (Å²) in [7, 11) is 0. The van der Waals surface area contributed by atoms with Gasteiger partial charge in [-0.25, -0.2) is 9.78 Å². The van der Waals surface area contributed by atoms with Crippen LogP contribution in [-0.4, -0.2) is 26.0 Å². The van der Waals surface area contributed by atoms with E-state index in [0.29, 0.717) is 0 Å². The number of hydrogen-bond donors (Lipinski definition) is 1. The highest BCUT2D eigenvalue weighted by Crippen LogP contribution is 2.35. The first-order chi connectivity index (χ1) is 9.30. The topological polar surface area (TPSA) is 76.0 Å². The summed E-state index contributed by atoms with van der Waals surface area (Å²) in [5.41, 5.74) is -1.81. The van der Waals surface area contributed by atoms with Crippen LogP contribution >= 0.6 is 0 Å². The van der Waals surface area contributed by atoms with Crippen molar-refractivity contribution < 1.29 is 23.1 Å². The Bertz CT molecular complexity index is 671. The molecule has 2 aromatic heterocycles. The quantitative estimate of drug-likeness (QED) is 0.916. The molecule has 0 aliphatic carbocycles. The minimum Gasteiger partial charge on any atom is -0.476 e. The molecule has 0 bridgehead atoms. The molecule has 5 nitrogen and oxygen atoms in total. The molecule has 0 aliphatic heterocycles. The maximum absolute atomic E-state index is 12.9. The predicted molar refractivity (Wildman–Crippen MR) is 62.0 cm³/mol. The van der Waals surface area contributed by atoms with Gasteiger partial charge in [-0.2, -0.15) is 13.2 Å². The molecule has 2 aromatic rings. The van der Waals surface area contributed by atoms with Gasteiger partial charge in [-0.3, -0.25) is 9.97 Å². The number of carboxylic acid groups (broad SMARTS) is 1. The minimum atomic E-state index is -4.66. The Balaban J connectivity index is 2.69. The molecule has 0 spiro atoms. The minimum absolute atomic E-state index is 0.148. The van der Waals surface area contributed by atoms with Crippen molar-refractivity contribution in [3.63, 3.8) is 0 Å². The Morgan fingerprint density at radius 1 is 1.30 bits per heavy atom. The van der Waals surface area contributed by atoms with Crippen molar-refractivity contribution in [3.8, 4) is 11.3 Å². The fourth-order valence-electron chi connectivity index (χ4n) is 1.63. The average molecular weight is 283 g/mol. The third-order valence-corrected chi connectivity index (χ3v) is 2.51. The zero-order valence-electron chi connectivity index (χ0n) is 10.1. The van der Waals surface area contributed by atoms with E-state index in [0.717, 1.165) is 12.4 Å². The lowest BCUT2D eigenvalue weighted by Gasteiger charge is -2.12. The molecule has 20 heavy (non-hydrogen) atoms. The van der Waals surface area contributed by atoms with Crippen LogP contribution in [0.1, 0.15) is 21.9 Å². The van der Waals surface area contributed by atoms with E-state index >= 15 is 0 Å². The van der Waals surface area contributed by atoms with Gasteiger partial charge in [0.2, 0.25) is 0 Å².